The van der Waals surface area contributed by atoms with E-state index in [-0.39, 0.29) is 5.91 Å². The number of nitrogens with zero attached hydrogens (tertiary/aromatic N) is 1. The zero-order chi connectivity index (χ0) is 17.9. The second-order valence-corrected chi connectivity index (χ2v) is 6.79. The van der Waals surface area contributed by atoms with Crippen LogP contribution in [-0.4, -0.2) is 35.5 Å². The summed E-state index contributed by atoms with van der Waals surface area (Å²) in [5.74, 6) is 1.25. The van der Waals surface area contributed by atoms with E-state index in [4.69, 9.17) is 4.74 Å². The van der Waals surface area contributed by atoms with Gasteiger partial charge in [0.05, 0.1) is 12.2 Å². The first-order chi connectivity index (χ1) is 12.8. The van der Waals surface area contributed by atoms with Gasteiger partial charge in [-0.05, 0) is 49.4 Å². The van der Waals surface area contributed by atoms with Gasteiger partial charge in [0.1, 0.15) is 5.75 Å². The third-order valence-electron chi connectivity index (χ3n) is 5.26. The summed E-state index contributed by atoms with van der Waals surface area (Å²) in [6.07, 6.45) is 4.12. The number of ether oxygens (including phenoxy) is 1. The van der Waals surface area contributed by atoms with E-state index < -0.39 is 0 Å². The first-order valence-corrected chi connectivity index (χ1v) is 9.35. The average Bonchev–Trinajstić information content (AvgIpc) is 3.12. The summed E-state index contributed by atoms with van der Waals surface area (Å²) in [5, 5.41) is 1.30. The number of fused-ring (bicyclic) bond motifs is 1. The molecule has 1 aromatic heterocycles. The van der Waals surface area contributed by atoms with Gasteiger partial charge in [-0.15, -0.1) is 0 Å². The van der Waals surface area contributed by atoms with Gasteiger partial charge in [0.2, 0.25) is 0 Å². The number of hydrogen-bond acceptors (Lipinski definition) is 2. The quantitative estimate of drug-likeness (QED) is 0.750. The number of benzene rings is 2. The fourth-order valence-electron chi connectivity index (χ4n) is 3.92. The zero-order valence-corrected chi connectivity index (χ0v) is 15.1. The van der Waals surface area contributed by atoms with E-state index in [1.165, 1.54) is 16.5 Å². The first-order valence-electron chi connectivity index (χ1n) is 9.35. The predicted octanol–water partition coefficient (Wildman–Crippen LogP) is 4.59. The molecule has 0 saturated carbocycles. The maximum atomic E-state index is 12.9. The Hall–Kier alpha value is -2.75. The number of aromatic nitrogens is 1. The topological polar surface area (TPSA) is 45.3 Å². The highest BCUT2D eigenvalue weighted by Crippen LogP contribution is 2.34. The van der Waals surface area contributed by atoms with Crippen LogP contribution in [0.15, 0.2) is 54.7 Å². The number of carbonyl (C=O) groups excluding carboxylic acids is 1. The van der Waals surface area contributed by atoms with Crippen LogP contribution in [-0.2, 0) is 0 Å². The summed E-state index contributed by atoms with van der Waals surface area (Å²) in [6, 6.07) is 16.0. The Kier molecular flexibility index (Phi) is 4.65. The molecule has 1 N–H and O–H groups in total. The van der Waals surface area contributed by atoms with E-state index in [2.05, 4.69) is 35.4 Å². The lowest BCUT2D eigenvalue weighted by Crippen LogP contribution is -2.38. The average molecular weight is 348 g/mol. The molecule has 1 amide bonds. The number of aromatic amines is 1. The van der Waals surface area contributed by atoms with Crippen molar-refractivity contribution >= 4 is 16.8 Å². The van der Waals surface area contributed by atoms with Gasteiger partial charge in [0.15, 0.2) is 0 Å². The van der Waals surface area contributed by atoms with Crippen molar-refractivity contribution in [2.75, 3.05) is 19.7 Å². The fourth-order valence-corrected chi connectivity index (χ4v) is 3.92. The molecule has 0 spiro atoms. The standard InChI is InChI=1S/C22H24N2O2/c1-2-26-21-10-6-4-8-18(21)22(25)24-13-11-16(12-14-24)19-15-23-20-9-5-3-7-17(19)20/h3-10,15-16,23H,2,11-14H2,1H3. The van der Waals surface area contributed by atoms with Crippen molar-refractivity contribution < 1.29 is 9.53 Å². The molecular weight excluding hydrogens is 324 g/mol. The molecule has 0 aliphatic carbocycles. The first kappa shape index (κ1) is 16.7. The summed E-state index contributed by atoms with van der Waals surface area (Å²) in [5.41, 5.74) is 3.23. The molecular formula is C22H24N2O2. The highest BCUT2D eigenvalue weighted by Gasteiger charge is 2.27. The van der Waals surface area contributed by atoms with Crippen molar-refractivity contribution in [2.45, 2.75) is 25.7 Å². The van der Waals surface area contributed by atoms with E-state index in [0.717, 1.165) is 25.9 Å². The van der Waals surface area contributed by atoms with Crippen LogP contribution in [0.4, 0.5) is 0 Å². The zero-order valence-electron chi connectivity index (χ0n) is 15.1. The van der Waals surface area contributed by atoms with Crippen molar-refractivity contribution in [1.82, 2.24) is 9.88 Å². The minimum atomic E-state index is 0.0754. The van der Waals surface area contributed by atoms with Crippen LogP contribution in [0.25, 0.3) is 10.9 Å². The lowest BCUT2D eigenvalue weighted by Gasteiger charge is -2.32. The van der Waals surface area contributed by atoms with E-state index in [1.807, 2.05) is 36.1 Å². The van der Waals surface area contributed by atoms with E-state index >= 15 is 0 Å². The molecule has 3 aromatic rings. The van der Waals surface area contributed by atoms with Gasteiger partial charge in [-0.25, -0.2) is 0 Å². The number of nitrogens with one attached hydrogen (secondary N) is 1. The summed E-state index contributed by atoms with van der Waals surface area (Å²) in [4.78, 5) is 18.3. The molecule has 0 radical (unpaired) electrons. The van der Waals surface area contributed by atoms with Crippen LogP contribution in [0.3, 0.4) is 0 Å². The van der Waals surface area contributed by atoms with E-state index in [0.29, 0.717) is 23.8 Å². The summed E-state index contributed by atoms with van der Waals surface area (Å²) < 4.78 is 5.63. The van der Waals surface area contributed by atoms with Crippen LogP contribution in [0.2, 0.25) is 0 Å². The molecule has 134 valence electrons. The molecule has 4 rings (SSSR count). The van der Waals surface area contributed by atoms with Gasteiger partial charge in [-0.2, -0.15) is 0 Å². The van der Waals surface area contributed by atoms with E-state index in [1.54, 1.807) is 0 Å². The van der Waals surface area contributed by atoms with Gasteiger partial charge in [-0.1, -0.05) is 30.3 Å². The summed E-state index contributed by atoms with van der Waals surface area (Å²) >= 11 is 0. The fraction of sp³-hybridized carbons (Fsp3) is 0.318. The Balaban J connectivity index is 1.48. The van der Waals surface area contributed by atoms with Gasteiger partial charge >= 0.3 is 0 Å². The molecule has 2 heterocycles. The van der Waals surface area contributed by atoms with Gasteiger partial charge in [-0.3, -0.25) is 4.79 Å². The van der Waals surface area contributed by atoms with Gasteiger partial charge in [0.25, 0.3) is 5.91 Å². The number of carbonyl (C=O) groups is 1. The summed E-state index contributed by atoms with van der Waals surface area (Å²) in [7, 11) is 0. The second-order valence-electron chi connectivity index (χ2n) is 6.79. The largest absolute Gasteiger partial charge is 0.493 e. The lowest BCUT2D eigenvalue weighted by atomic mass is 9.89. The predicted molar refractivity (Wildman–Crippen MR) is 104 cm³/mol. The Morgan fingerprint density at radius 2 is 1.85 bits per heavy atom. The molecule has 2 aromatic carbocycles. The Labute approximate surface area is 153 Å². The third-order valence-corrected chi connectivity index (χ3v) is 5.26. The highest BCUT2D eigenvalue weighted by molar-refractivity contribution is 5.97. The molecule has 0 atom stereocenters. The van der Waals surface area contributed by atoms with Crippen molar-refractivity contribution in [3.8, 4) is 5.75 Å². The number of piperidine rings is 1. The van der Waals surface area contributed by atoms with Crippen LogP contribution in [0.1, 0.15) is 41.6 Å². The number of para-hydroxylation sites is 2. The lowest BCUT2D eigenvalue weighted by molar-refractivity contribution is 0.0709. The molecule has 4 heteroatoms. The minimum absolute atomic E-state index is 0.0754. The molecule has 1 aliphatic rings. The minimum Gasteiger partial charge on any atom is -0.493 e. The number of amides is 1. The molecule has 26 heavy (non-hydrogen) atoms. The van der Waals surface area contributed by atoms with E-state index in [9.17, 15) is 4.79 Å². The Morgan fingerprint density at radius 1 is 1.12 bits per heavy atom. The second kappa shape index (κ2) is 7.24. The maximum absolute atomic E-state index is 12.9. The Morgan fingerprint density at radius 3 is 2.65 bits per heavy atom. The van der Waals surface area contributed by atoms with Crippen LogP contribution < -0.4 is 4.74 Å². The van der Waals surface area contributed by atoms with Gasteiger partial charge < -0.3 is 14.6 Å². The highest BCUT2D eigenvalue weighted by atomic mass is 16.5. The SMILES string of the molecule is CCOc1ccccc1C(=O)N1CCC(c2c[nH]c3ccccc23)CC1. The summed E-state index contributed by atoms with van der Waals surface area (Å²) in [6.45, 7) is 4.06. The van der Waals surface area contributed by atoms with Crippen LogP contribution in [0.5, 0.6) is 5.75 Å². The van der Waals surface area contributed by atoms with Crippen molar-refractivity contribution in [3.63, 3.8) is 0 Å². The molecule has 1 fully saturated rings. The third kappa shape index (κ3) is 3.07. The smallest absolute Gasteiger partial charge is 0.257 e. The molecule has 1 aliphatic heterocycles. The van der Waals surface area contributed by atoms with Crippen molar-refractivity contribution in [2.24, 2.45) is 0 Å². The Bertz CT molecular complexity index is 907. The maximum Gasteiger partial charge on any atom is 0.257 e. The normalized spacial score (nSPS) is 15.3. The van der Waals surface area contributed by atoms with Crippen molar-refractivity contribution in [1.29, 1.82) is 0 Å². The number of hydrogen-bond donors (Lipinski definition) is 1. The number of rotatable bonds is 4. The molecule has 0 bridgehead atoms. The van der Waals surface area contributed by atoms with Crippen LogP contribution in [0, 0.1) is 0 Å². The molecule has 4 nitrogen and oxygen atoms in total. The van der Waals surface area contributed by atoms with Gasteiger partial charge in [0, 0.05) is 30.2 Å². The molecule has 0 unspecified atom stereocenters. The number of likely N-dealkylation sites (tertiary alicyclic amines) is 1. The van der Waals surface area contributed by atoms with Crippen LogP contribution >= 0.6 is 0 Å². The number of H-pyrrole nitrogens is 1. The monoisotopic (exact) mass is 348 g/mol. The van der Waals surface area contributed by atoms with Crippen molar-refractivity contribution in [3.05, 3.63) is 65.9 Å². The molecule has 1 saturated heterocycles.